The maximum absolute atomic E-state index is 14.9. The van der Waals surface area contributed by atoms with Crippen LogP contribution in [0.5, 0.6) is 0 Å². The van der Waals surface area contributed by atoms with E-state index in [1.165, 1.54) is 12.1 Å². The van der Waals surface area contributed by atoms with Crippen LogP contribution in [0.3, 0.4) is 0 Å². The Morgan fingerprint density at radius 2 is 1.00 bits per heavy atom. The van der Waals surface area contributed by atoms with Crippen LogP contribution in [0.2, 0.25) is 0 Å². The summed E-state index contributed by atoms with van der Waals surface area (Å²) < 4.78 is 49.0. The van der Waals surface area contributed by atoms with Crippen LogP contribution in [-0.4, -0.2) is 9.13 Å². The number of aromatic nitrogens is 2. The number of nitrogens with zero attached hydrogens (tertiary/aromatic N) is 4. The van der Waals surface area contributed by atoms with Gasteiger partial charge in [0.2, 0.25) is 0 Å². The summed E-state index contributed by atoms with van der Waals surface area (Å²) in [5, 5.41) is 24.0. The number of fused-ring (bicyclic) bond motifs is 6. The number of rotatable bonds is 4. The van der Waals surface area contributed by atoms with E-state index in [-0.39, 0.29) is 11.1 Å². The fraction of sp³-hybridized carbons (Fsp3) is 0.0638. The summed E-state index contributed by atoms with van der Waals surface area (Å²) in [6.07, 6.45) is -4.75. The van der Waals surface area contributed by atoms with E-state index in [1.54, 1.807) is 18.2 Å². The minimum Gasteiger partial charge on any atom is -0.309 e. The molecule has 0 aliphatic rings. The molecule has 0 spiro atoms. The number of hydrogen-bond acceptors (Lipinski definition) is 2. The van der Waals surface area contributed by atoms with Crippen LogP contribution in [-0.2, 0) is 6.18 Å². The molecule has 258 valence electrons. The topological polar surface area (TPSA) is 57.4 Å². The third kappa shape index (κ3) is 5.13. The molecule has 2 aromatic heterocycles. The van der Waals surface area contributed by atoms with E-state index < -0.39 is 11.7 Å². The molecular formula is C47H29F3N4. The second kappa shape index (κ2) is 12.3. The van der Waals surface area contributed by atoms with Gasteiger partial charge >= 0.3 is 6.18 Å². The van der Waals surface area contributed by atoms with E-state index in [1.807, 2.05) is 80.6 Å². The number of alkyl halides is 3. The summed E-state index contributed by atoms with van der Waals surface area (Å²) >= 11 is 0. The van der Waals surface area contributed by atoms with Gasteiger partial charge in [-0.25, -0.2) is 0 Å². The van der Waals surface area contributed by atoms with Crippen molar-refractivity contribution in [2.75, 3.05) is 0 Å². The predicted molar refractivity (Wildman–Crippen MR) is 210 cm³/mol. The maximum atomic E-state index is 14.9. The lowest BCUT2D eigenvalue weighted by molar-refractivity contribution is -0.137. The first kappa shape index (κ1) is 32.8. The highest BCUT2D eigenvalue weighted by Crippen LogP contribution is 2.45. The van der Waals surface area contributed by atoms with Gasteiger partial charge in [0.25, 0.3) is 0 Å². The van der Waals surface area contributed by atoms with Crippen LogP contribution in [0.1, 0.15) is 27.8 Å². The summed E-state index contributed by atoms with van der Waals surface area (Å²) in [7, 11) is 0. The Labute approximate surface area is 308 Å². The maximum Gasteiger partial charge on any atom is 0.417 e. The zero-order valence-electron chi connectivity index (χ0n) is 29.2. The van der Waals surface area contributed by atoms with E-state index in [0.717, 1.165) is 66.5 Å². The lowest BCUT2D eigenvalue weighted by Gasteiger charge is -2.21. The Hall–Kier alpha value is -7.09. The van der Waals surface area contributed by atoms with Gasteiger partial charge in [0.05, 0.1) is 56.6 Å². The Bertz CT molecular complexity index is 3090. The minimum absolute atomic E-state index is 0.0629. The van der Waals surface area contributed by atoms with Gasteiger partial charge in [-0.05, 0) is 109 Å². The zero-order valence-corrected chi connectivity index (χ0v) is 29.2. The van der Waals surface area contributed by atoms with Crippen molar-refractivity contribution in [3.05, 3.63) is 167 Å². The molecule has 54 heavy (non-hydrogen) atoms. The second-order valence-corrected chi connectivity index (χ2v) is 13.7. The molecule has 0 unspecified atom stereocenters. The van der Waals surface area contributed by atoms with Gasteiger partial charge in [-0.3, -0.25) is 0 Å². The first-order chi connectivity index (χ1) is 26.1. The van der Waals surface area contributed by atoms with Crippen LogP contribution >= 0.6 is 0 Å². The van der Waals surface area contributed by atoms with Gasteiger partial charge in [-0.1, -0.05) is 71.8 Å². The molecule has 0 aliphatic carbocycles. The molecule has 4 nitrogen and oxygen atoms in total. The van der Waals surface area contributed by atoms with Gasteiger partial charge in [0, 0.05) is 32.8 Å². The Morgan fingerprint density at radius 3 is 1.63 bits per heavy atom. The first-order valence-electron chi connectivity index (χ1n) is 17.5. The average Bonchev–Trinajstić information content (AvgIpc) is 3.69. The molecule has 0 saturated heterocycles. The molecule has 0 aliphatic heterocycles. The van der Waals surface area contributed by atoms with Gasteiger partial charge in [0.1, 0.15) is 0 Å². The highest BCUT2D eigenvalue weighted by Gasteiger charge is 2.35. The van der Waals surface area contributed by atoms with Crippen molar-refractivity contribution in [1.29, 1.82) is 10.5 Å². The van der Waals surface area contributed by atoms with Gasteiger partial charge in [-0.15, -0.1) is 0 Å². The first-order valence-corrected chi connectivity index (χ1v) is 17.5. The molecule has 0 saturated carbocycles. The number of para-hydroxylation sites is 2. The van der Waals surface area contributed by atoms with Crippen molar-refractivity contribution in [2.24, 2.45) is 0 Å². The molecule has 0 bridgehead atoms. The number of hydrogen-bond donors (Lipinski definition) is 0. The van der Waals surface area contributed by atoms with Gasteiger partial charge < -0.3 is 9.13 Å². The van der Waals surface area contributed by atoms with Crippen molar-refractivity contribution >= 4 is 43.6 Å². The van der Waals surface area contributed by atoms with Crippen LogP contribution in [0.15, 0.2) is 140 Å². The molecule has 0 radical (unpaired) electrons. The second-order valence-electron chi connectivity index (χ2n) is 13.7. The smallest absolute Gasteiger partial charge is 0.309 e. The fourth-order valence-corrected chi connectivity index (χ4v) is 7.94. The third-order valence-corrected chi connectivity index (χ3v) is 10.3. The summed E-state index contributed by atoms with van der Waals surface area (Å²) in [6.45, 7) is 4.09. The van der Waals surface area contributed by atoms with E-state index in [0.29, 0.717) is 27.9 Å². The Balaban J connectivity index is 1.43. The number of halogens is 3. The quantitative estimate of drug-likeness (QED) is 0.183. The highest BCUT2D eigenvalue weighted by atomic mass is 19.4. The SMILES string of the molecule is Cc1ccc2c(c1)c1ccccc1n2-c1ccc(-c2ccc(C#N)cc2C(F)(F)F)c(-c2cc(C#N)ccc2-n2c3ccccc3c3cc(C)ccc32)c1. The summed E-state index contributed by atoms with van der Waals surface area (Å²) in [5.74, 6) is 0. The molecule has 0 amide bonds. The molecule has 7 aromatic carbocycles. The number of nitriles is 2. The van der Waals surface area contributed by atoms with Crippen molar-refractivity contribution in [1.82, 2.24) is 9.13 Å². The van der Waals surface area contributed by atoms with Crippen molar-refractivity contribution in [3.63, 3.8) is 0 Å². The van der Waals surface area contributed by atoms with E-state index in [2.05, 4.69) is 57.7 Å². The lowest BCUT2D eigenvalue weighted by Crippen LogP contribution is -2.08. The zero-order chi connectivity index (χ0) is 37.3. The number of aryl methyl sites for hydroxylation is 2. The van der Waals surface area contributed by atoms with Crippen LogP contribution in [0.4, 0.5) is 13.2 Å². The highest BCUT2D eigenvalue weighted by molar-refractivity contribution is 6.11. The molecule has 0 atom stereocenters. The predicted octanol–water partition coefficient (Wildman–Crippen LogP) is 12.6. The summed E-state index contributed by atoms with van der Waals surface area (Å²) in [4.78, 5) is 0. The average molecular weight is 707 g/mol. The molecule has 9 aromatic rings. The molecule has 7 heteroatoms. The van der Waals surface area contributed by atoms with Crippen LogP contribution < -0.4 is 0 Å². The standard InChI is InChI=1S/C47H29F3N4/c1-28-11-18-44-38(21-28)35-7-3-5-9-42(35)53(44)32-15-17-33(34-16-13-31(27-52)24-41(34)47(48,49)50)37(25-32)40-23-30(26-51)14-20-46(40)54-43-10-6-4-8-36(43)39-22-29(2)12-19-45(39)54/h3-25H,1-2H3. The number of benzene rings is 7. The molecule has 2 heterocycles. The molecule has 0 fully saturated rings. The summed E-state index contributed by atoms with van der Waals surface area (Å²) in [5.41, 5.74) is 8.15. The summed E-state index contributed by atoms with van der Waals surface area (Å²) in [6, 6.07) is 47.4. The minimum atomic E-state index is -4.75. The fourth-order valence-electron chi connectivity index (χ4n) is 7.94. The van der Waals surface area contributed by atoms with Gasteiger partial charge in [0.15, 0.2) is 0 Å². The van der Waals surface area contributed by atoms with Crippen molar-refractivity contribution < 1.29 is 13.2 Å². The molecule has 0 N–H and O–H groups in total. The van der Waals surface area contributed by atoms with E-state index >= 15 is 0 Å². The Kier molecular flexibility index (Phi) is 7.44. The lowest BCUT2D eigenvalue weighted by atomic mass is 9.89. The Morgan fingerprint density at radius 1 is 0.463 bits per heavy atom. The van der Waals surface area contributed by atoms with Crippen LogP contribution in [0, 0.1) is 36.5 Å². The largest absolute Gasteiger partial charge is 0.417 e. The van der Waals surface area contributed by atoms with Crippen molar-refractivity contribution in [3.8, 4) is 45.8 Å². The molecular weight excluding hydrogens is 678 g/mol. The normalized spacial score (nSPS) is 11.8. The monoisotopic (exact) mass is 706 g/mol. The van der Waals surface area contributed by atoms with Gasteiger partial charge in [-0.2, -0.15) is 23.7 Å². The van der Waals surface area contributed by atoms with E-state index in [9.17, 15) is 23.7 Å². The van der Waals surface area contributed by atoms with Crippen molar-refractivity contribution in [2.45, 2.75) is 20.0 Å². The van der Waals surface area contributed by atoms with E-state index in [4.69, 9.17) is 0 Å². The van der Waals surface area contributed by atoms with Crippen LogP contribution in [0.25, 0.3) is 77.2 Å². The molecule has 9 rings (SSSR count). The third-order valence-electron chi connectivity index (χ3n) is 10.3.